The van der Waals surface area contributed by atoms with Gasteiger partial charge in [0.1, 0.15) is 25.2 Å². The summed E-state index contributed by atoms with van der Waals surface area (Å²) in [4.78, 5) is 73.1. The minimum atomic E-state index is -0.995. The number of rotatable bonds is 15. The molecule has 0 saturated carbocycles. The molecule has 0 radical (unpaired) electrons. The molecule has 6 rings (SSSR count). The second kappa shape index (κ2) is 27.3. The molecule has 61 heavy (non-hydrogen) atoms. The van der Waals surface area contributed by atoms with Crippen LogP contribution in [0.2, 0.25) is 0 Å². The molecule has 0 bridgehead atoms. The highest BCUT2D eigenvalue weighted by Crippen LogP contribution is 2.21. The van der Waals surface area contributed by atoms with Crippen molar-refractivity contribution in [2.45, 2.75) is 110 Å². The van der Waals surface area contributed by atoms with E-state index in [1.54, 1.807) is 13.8 Å². The molecule has 2 aliphatic heterocycles. The van der Waals surface area contributed by atoms with Crippen molar-refractivity contribution < 1.29 is 43.7 Å². The number of hydrogen-bond donors (Lipinski definition) is 5. The van der Waals surface area contributed by atoms with Gasteiger partial charge in [-0.2, -0.15) is 0 Å². The number of hydrogen-bond acceptors (Lipinski definition) is 13. The third-order valence-electron chi connectivity index (χ3n) is 10.8. The van der Waals surface area contributed by atoms with E-state index in [1.165, 1.54) is 81.4 Å². The van der Waals surface area contributed by atoms with Crippen LogP contribution in [0.25, 0.3) is 0 Å². The minimum absolute atomic E-state index is 0. The number of esters is 2. The molecule has 2 aliphatic carbocycles. The smallest absolute Gasteiger partial charge is 0.325 e. The number of nitrogens with one attached hydrogen (secondary N) is 2. The molecular formula is C44H70N8O9. The highest BCUT2D eigenvalue weighted by molar-refractivity contribution is 5.90. The third-order valence-corrected chi connectivity index (χ3v) is 10.8. The summed E-state index contributed by atoms with van der Waals surface area (Å²) in [6.07, 6.45) is 13.2. The van der Waals surface area contributed by atoms with Crippen LogP contribution in [0.3, 0.4) is 0 Å². The number of ether oxygens (including phenoxy) is 2. The zero-order valence-corrected chi connectivity index (χ0v) is 35.5. The molecule has 17 nitrogen and oxygen atoms in total. The predicted octanol–water partition coefficient (Wildman–Crippen LogP) is 1.50. The predicted molar refractivity (Wildman–Crippen MR) is 230 cm³/mol. The second-order valence-corrected chi connectivity index (χ2v) is 15.2. The Morgan fingerprint density at radius 2 is 1.31 bits per heavy atom. The first kappa shape index (κ1) is 50.6. The highest BCUT2D eigenvalue weighted by Gasteiger charge is 2.38. The minimum Gasteiger partial charge on any atom is -0.465 e. The largest absolute Gasteiger partial charge is 0.465 e. The molecule has 340 valence electrons. The molecule has 2 fully saturated rings. The van der Waals surface area contributed by atoms with Gasteiger partial charge < -0.3 is 50.8 Å². The molecule has 2 atom stereocenters. The van der Waals surface area contributed by atoms with Crippen LogP contribution in [0.5, 0.6) is 0 Å². The van der Waals surface area contributed by atoms with Gasteiger partial charge in [-0.3, -0.25) is 29.1 Å². The molecule has 4 amide bonds. The summed E-state index contributed by atoms with van der Waals surface area (Å²) in [7, 11) is 0. The number of amides is 4. The number of aliphatic hydroxyl groups excluding tert-OH is 2. The normalized spacial score (nSPS) is 18.2. The van der Waals surface area contributed by atoms with E-state index in [-0.39, 0.29) is 58.8 Å². The lowest BCUT2D eigenvalue weighted by Crippen LogP contribution is -2.62. The number of aliphatic hydroxyl groups is 2. The number of nitrogens with two attached hydrogens (primary N) is 1. The Morgan fingerprint density at radius 1 is 0.770 bits per heavy atom. The number of piperazine rings is 2. The Balaban J connectivity index is 0.000000275. The number of aromatic nitrogens is 2. The molecule has 17 heteroatoms. The topological polar surface area (TPSA) is 230 Å². The quantitative estimate of drug-likeness (QED) is 0.127. The Morgan fingerprint density at radius 3 is 1.84 bits per heavy atom. The number of pyridine rings is 2. The standard InChI is InChI=1S/C22H32N4O5.C12H18N2.C9H16N2O4.CH4/c1-2-31-20(28)14-25-12-13-26(19(15-27)21(25)29)22(30)23-11-5-7-17-10-9-16-6-3-4-8-18(16)24-17;13-9-3-5-11-8-7-10-4-1-2-6-12(10)14-11;1-2-15-8(13)5-11-4-3-10-7(6-12)9(11)14;/h9-10,19,27H,2-8,11-15H2,1H3,(H,23,30);7-8H,1-6,9,13H2;7,10,12H,2-6H2,1H3;1H4/t19-;;7-;/m0.0./s1. The van der Waals surface area contributed by atoms with Gasteiger partial charge in [-0.1, -0.05) is 19.6 Å². The van der Waals surface area contributed by atoms with Gasteiger partial charge in [-0.05, 0) is 121 Å². The summed E-state index contributed by atoms with van der Waals surface area (Å²) < 4.78 is 9.62. The van der Waals surface area contributed by atoms with Crippen molar-refractivity contribution in [3.8, 4) is 0 Å². The average Bonchev–Trinajstić information content (AvgIpc) is 3.26. The van der Waals surface area contributed by atoms with E-state index < -0.39 is 36.5 Å². The van der Waals surface area contributed by atoms with Crippen LogP contribution >= 0.6 is 0 Å². The molecule has 0 unspecified atom stereocenters. The molecule has 4 heterocycles. The average molecular weight is 855 g/mol. The van der Waals surface area contributed by atoms with Crippen LogP contribution < -0.4 is 16.4 Å². The molecule has 2 aromatic heterocycles. The molecule has 0 aromatic carbocycles. The number of carbonyl (C=O) groups is 5. The molecule has 4 aliphatic rings. The number of nitrogens with zero attached hydrogens (tertiary/aromatic N) is 5. The van der Waals surface area contributed by atoms with E-state index in [4.69, 9.17) is 30.3 Å². The third kappa shape index (κ3) is 15.9. The van der Waals surface area contributed by atoms with Gasteiger partial charge in [0.25, 0.3) is 0 Å². The van der Waals surface area contributed by atoms with Crippen molar-refractivity contribution >= 4 is 29.8 Å². The van der Waals surface area contributed by atoms with Crippen LogP contribution in [-0.4, -0.2) is 156 Å². The molecular weight excluding hydrogens is 785 g/mol. The fraction of sp³-hybridized carbons (Fsp3) is 0.659. The maximum atomic E-state index is 12.6. The van der Waals surface area contributed by atoms with E-state index in [1.807, 2.05) is 0 Å². The van der Waals surface area contributed by atoms with Gasteiger partial charge in [0.15, 0.2) is 0 Å². The van der Waals surface area contributed by atoms with Crippen molar-refractivity contribution in [3.63, 3.8) is 0 Å². The highest BCUT2D eigenvalue weighted by atomic mass is 16.5. The lowest BCUT2D eigenvalue weighted by atomic mass is 9.95. The SMILES string of the molecule is C.CCOC(=O)CN1CCN(C(=O)NCCCc2ccc3c(n2)CCCC3)[C@@H](CO)C1=O.CCOC(=O)CN1CCN[C@@H](CO)C1=O.NCCCc1ccc2c(n1)CCCC2. The van der Waals surface area contributed by atoms with Gasteiger partial charge >= 0.3 is 18.0 Å². The van der Waals surface area contributed by atoms with Gasteiger partial charge in [-0.25, -0.2) is 4.79 Å². The fourth-order valence-electron chi connectivity index (χ4n) is 7.61. The first-order valence-electron chi connectivity index (χ1n) is 21.7. The summed E-state index contributed by atoms with van der Waals surface area (Å²) in [5.41, 5.74) is 13.1. The molecule has 2 aromatic rings. The molecule has 6 N–H and O–H groups in total. The van der Waals surface area contributed by atoms with Gasteiger partial charge in [-0.15, -0.1) is 0 Å². The lowest BCUT2D eigenvalue weighted by molar-refractivity contribution is -0.153. The summed E-state index contributed by atoms with van der Waals surface area (Å²) in [6, 6.07) is 6.69. The Hall–Kier alpha value is -4.71. The van der Waals surface area contributed by atoms with Crippen molar-refractivity contribution in [2.75, 3.05) is 78.8 Å². The number of urea groups is 1. The van der Waals surface area contributed by atoms with E-state index in [0.29, 0.717) is 26.2 Å². The van der Waals surface area contributed by atoms with E-state index >= 15 is 0 Å². The van der Waals surface area contributed by atoms with Gasteiger partial charge in [0.05, 0.1) is 26.4 Å². The zero-order chi connectivity index (χ0) is 43.3. The van der Waals surface area contributed by atoms with Crippen molar-refractivity contribution in [1.82, 2.24) is 35.3 Å². The van der Waals surface area contributed by atoms with E-state index in [9.17, 15) is 29.1 Å². The first-order valence-corrected chi connectivity index (χ1v) is 21.7. The van der Waals surface area contributed by atoms with Crippen LogP contribution in [0.15, 0.2) is 24.3 Å². The molecule has 2 saturated heterocycles. The Labute approximate surface area is 361 Å². The monoisotopic (exact) mass is 855 g/mol. The van der Waals surface area contributed by atoms with Gasteiger partial charge in [0.2, 0.25) is 11.8 Å². The summed E-state index contributed by atoms with van der Waals surface area (Å²) >= 11 is 0. The van der Waals surface area contributed by atoms with Crippen LogP contribution in [0.1, 0.15) is 93.7 Å². The lowest BCUT2D eigenvalue weighted by Gasteiger charge is -2.39. The first-order chi connectivity index (χ1) is 29.1. The number of fused-ring (bicyclic) bond motifs is 2. The van der Waals surface area contributed by atoms with Crippen molar-refractivity contribution in [3.05, 3.63) is 58.2 Å². The number of aryl methyl sites for hydroxylation is 6. The number of carbonyl (C=O) groups excluding carboxylic acids is 5. The Kier molecular flexibility index (Phi) is 22.6. The second-order valence-electron chi connectivity index (χ2n) is 15.2. The fourth-order valence-corrected chi connectivity index (χ4v) is 7.61. The van der Waals surface area contributed by atoms with Crippen LogP contribution in [-0.2, 0) is 67.2 Å². The maximum absolute atomic E-state index is 12.6. The van der Waals surface area contributed by atoms with Crippen molar-refractivity contribution in [2.24, 2.45) is 5.73 Å². The Bertz CT molecular complexity index is 1710. The summed E-state index contributed by atoms with van der Waals surface area (Å²) in [6.45, 7) is 5.72. The van der Waals surface area contributed by atoms with Gasteiger partial charge in [0, 0.05) is 55.5 Å². The zero-order valence-electron chi connectivity index (χ0n) is 35.5. The maximum Gasteiger partial charge on any atom is 0.325 e. The summed E-state index contributed by atoms with van der Waals surface area (Å²) in [5, 5.41) is 24.2. The molecule has 0 spiro atoms. The van der Waals surface area contributed by atoms with E-state index in [2.05, 4.69) is 34.9 Å². The van der Waals surface area contributed by atoms with Crippen molar-refractivity contribution in [1.29, 1.82) is 0 Å². The van der Waals surface area contributed by atoms with Crippen LogP contribution in [0, 0.1) is 0 Å². The van der Waals surface area contributed by atoms with E-state index in [0.717, 1.165) is 50.8 Å². The summed E-state index contributed by atoms with van der Waals surface area (Å²) in [5.74, 6) is -1.61. The van der Waals surface area contributed by atoms with Crippen LogP contribution in [0.4, 0.5) is 4.79 Å².